The van der Waals surface area contributed by atoms with Gasteiger partial charge in [0.1, 0.15) is 5.82 Å². The molecular weight excluding hydrogens is 328 g/mol. The number of nitrogens with zero attached hydrogens (tertiary/aromatic N) is 3. The summed E-state index contributed by atoms with van der Waals surface area (Å²) in [6.45, 7) is 3.04. The van der Waals surface area contributed by atoms with Gasteiger partial charge < -0.3 is 19.7 Å². The Kier molecular flexibility index (Phi) is 3.74. The molecule has 0 saturated carbocycles. The van der Waals surface area contributed by atoms with Gasteiger partial charge in [0.05, 0.1) is 5.52 Å². The van der Waals surface area contributed by atoms with Gasteiger partial charge in [0.15, 0.2) is 11.5 Å². The van der Waals surface area contributed by atoms with E-state index < -0.39 is 0 Å². The standard InChI is InChI=1S/C20H20N4O2/c1-2-6-16-15(5-1)19(24-9-3-4-10-24)23-20(22-16)21-12-14-7-8-17-18(11-14)26-13-25-17/h1-2,5-8,11H,3-4,9-10,12-13H2,(H,21,22,23). The fourth-order valence-electron chi connectivity index (χ4n) is 3.54. The van der Waals surface area contributed by atoms with E-state index in [9.17, 15) is 0 Å². The van der Waals surface area contributed by atoms with Crippen LogP contribution in [-0.2, 0) is 6.54 Å². The van der Waals surface area contributed by atoms with Crippen LogP contribution in [0.1, 0.15) is 18.4 Å². The lowest BCUT2D eigenvalue weighted by molar-refractivity contribution is 0.174. The number of anilines is 2. The SMILES string of the molecule is c1ccc2c(N3CCCC3)nc(NCc3ccc4c(c3)OCO4)nc2c1. The van der Waals surface area contributed by atoms with Gasteiger partial charge in [-0.1, -0.05) is 18.2 Å². The summed E-state index contributed by atoms with van der Waals surface area (Å²) in [5.74, 6) is 3.28. The van der Waals surface area contributed by atoms with Gasteiger partial charge in [-0.2, -0.15) is 4.98 Å². The summed E-state index contributed by atoms with van der Waals surface area (Å²) < 4.78 is 10.8. The Balaban J connectivity index is 1.43. The third kappa shape index (κ3) is 2.77. The van der Waals surface area contributed by atoms with Crippen LogP contribution in [-0.4, -0.2) is 29.9 Å². The van der Waals surface area contributed by atoms with Gasteiger partial charge in [0.25, 0.3) is 0 Å². The molecule has 2 aliphatic heterocycles. The smallest absolute Gasteiger partial charge is 0.231 e. The predicted octanol–water partition coefficient (Wildman–Crippen LogP) is 3.57. The molecule has 0 amide bonds. The van der Waals surface area contributed by atoms with E-state index in [0.29, 0.717) is 19.3 Å². The molecule has 0 aliphatic carbocycles. The van der Waals surface area contributed by atoms with Crippen molar-refractivity contribution in [2.24, 2.45) is 0 Å². The normalized spacial score (nSPS) is 15.6. The van der Waals surface area contributed by atoms with Gasteiger partial charge in [0.2, 0.25) is 12.7 Å². The minimum absolute atomic E-state index is 0.291. The minimum Gasteiger partial charge on any atom is -0.454 e. The van der Waals surface area contributed by atoms with E-state index in [1.807, 2.05) is 36.4 Å². The Morgan fingerprint density at radius 3 is 2.73 bits per heavy atom. The predicted molar refractivity (Wildman–Crippen MR) is 101 cm³/mol. The molecule has 0 unspecified atom stereocenters. The highest BCUT2D eigenvalue weighted by Gasteiger charge is 2.18. The third-order valence-corrected chi connectivity index (χ3v) is 4.88. The molecule has 1 saturated heterocycles. The number of fused-ring (bicyclic) bond motifs is 2. The summed E-state index contributed by atoms with van der Waals surface area (Å²) in [5.41, 5.74) is 2.08. The summed E-state index contributed by atoms with van der Waals surface area (Å²) in [4.78, 5) is 11.9. The Hall–Kier alpha value is -3.02. The monoisotopic (exact) mass is 348 g/mol. The van der Waals surface area contributed by atoms with Crippen LogP contribution in [0.2, 0.25) is 0 Å². The summed E-state index contributed by atoms with van der Waals surface area (Å²) in [5, 5.41) is 4.48. The Morgan fingerprint density at radius 2 is 1.81 bits per heavy atom. The largest absolute Gasteiger partial charge is 0.454 e. The molecule has 2 aromatic carbocycles. The number of aromatic nitrogens is 2. The van der Waals surface area contributed by atoms with Gasteiger partial charge in [-0.15, -0.1) is 0 Å². The highest BCUT2D eigenvalue weighted by Crippen LogP contribution is 2.33. The lowest BCUT2D eigenvalue weighted by Crippen LogP contribution is -2.20. The van der Waals surface area contributed by atoms with Gasteiger partial charge >= 0.3 is 0 Å². The van der Waals surface area contributed by atoms with Crippen LogP contribution in [0, 0.1) is 0 Å². The van der Waals surface area contributed by atoms with Crippen LogP contribution in [0.25, 0.3) is 10.9 Å². The summed E-state index contributed by atoms with van der Waals surface area (Å²) in [7, 11) is 0. The van der Waals surface area contributed by atoms with Crippen molar-refractivity contribution in [3.8, 4) is 11.5 Å². The maximum absolute atomic E-state index is 5.45. The molecule has 6 nitrogen and oxygen atoms in total. The second-order valence-corrected chi connectivity index (χ2v) is 6.62. The number of hydrogen-bond donors (Lipinski definition) is 1. The van der Waals surface area contributed by atoms with E-state index in [2.05, 4.69) is 21.3 Å². The topological polar surface area (TPSA) is 59.5 Å². The fourth-order valence-corrected chi connectivity index (χ4v) is 3.54. The first-order valence-corrected chi connectivity index (χ1v) is 9.01. The maximum atomic E-state index is 5.45. The first-order chi connectivity index (χ1) is 12.9. The minimum atomic E-state index is 0.291. The van der Waals surface area contributed by atoms with Crippen LogP contribution in [0.5, 0.6) is 11.5 Å². The van der Waals surface area contributed by atoms with E-state index in [1.165, 1.54) is 12.8 Å². The number of rotatable bonds is 4. The van der Waals surface area contributed by atoms with Crippen molar-refractivity contribution in [1.82, 2.24) is 9.97 Å². The van der Waals surface area contributed by atoms with Crippen LogP contribution in [0.3, 0.4) is 0 Å². The average molecular weight is 348 g/mol. The average Bonchev–Trinajstić information content (AvgIpc) is 3.37. The zero-order valence-electron chi connectivity index (χ0n) is 14.4. The first kappa shape index (κ1) is 15.3. The van der Waals surface area contributed by atoms with Crippen LogP contribution < -0.4 is 19.7 Å². The molecule has 1 aromatic heterocycles. The van der Waals surface area contributed by atoms with Crippen LogP contribution in [0.4, 0.5) is 11.8 Å². The summed E-state index contributed by atoms with van der Waals surface area (Å²) >= 11 is 0. The molecule has 3 aromatic rings. The quantitative estimate of drug-likeness (QED) is 0.778. The number of ether oxygens (including phenoxy) is 2. The van der Waals surface area contributed by atoms with Crippen molar-refractivity contribution >= 4 is 22.7 Å². The number of nitrogens with one attached hydrogen (secondary N) is 1. The van der Waals surface area contributed by atoms with Gasteiger partial charge in [0, 0.05) is 25.0 Å². The Bertz CT molecular complexity index is 954. The molecule has 3 heterocycles. The van der Waals surface area contributed by atoms with Crippen molar-refractivity contribution in [2.45, 2.75) is 19.4 Å². The molecule has 2 aliphatic rings. The summed E-state index contributed by atoms with van der Waals surface area (Å²) in [6, 6.07) is 14.2. The first-order valence-electron chi connectivity index (χ1n) is 9.01. The fraction of sp³-hybridized carbons (Fsp3) is 0.300. The number of benzene rings is 2. The molecular formula is C20H20N4O2. The van der Waals surface area contributed by atoms with E-state index in [4.69, 9.17) is 14.5 Å². The summed E-state index contributed by atoms with van der Waals surface area (Å²) in [6.07, 6.45) is 2.44. The zero-order valence-corrected chi connectivity index (χ0v) is 14.4. The van der Waals surface area contributed by atoms with Crippen molar-refractivity contribution in [3.05, 3.63) is 48.0 Å². The molecule has 1 N–H and O–H groups in total. The van der Waals surface area contributed by atoms with Gasteiger partial charge in [-0.3, -0.25) is 0 Å². The second-order valence-electron chi connectivity index (χ2n) is 6.62. The van der Waals surface area contributed by atoms with E-state index in [-0.39, 0.29) is 0 Å². The van der Waals surface area contributed by atoms with E-state index >= 15 is 0 Å². The van der Waals surface area contributed by atoms with Crippen LogP contribution in [0.15, 0.2) is 42.5 Å². The molecule has 5 rings (SSSR count). The molecule has 132 valence electrons. The van der Waals surface area contributed by atoms with E-state index in [0.717, 1.165) is 46.9 Å². The van der Waals surface area contributed by atoms with Gasteiger partial charge in [-0.05, 0) is 42.7 Å². The van der Waals surface area contributed by atoms with Crippen molar-refractivity contribution < 1.29 is 9.47 Å². The van der Waals surface area contributed by atoms with Gasteiger partial charge in [-0.25, -0.2) is 4.98 Å². The maximum Gasteiger partial charge on any atom is 0.231 e. The second kappa shape index (κ2) is 6.37. The number of para-hydroxylation sites is 1. The Labute approximate surface area is 151 Å². The van der Waals surface area contributed by atoms with Crippen molar-refractivity contribution in [1.29, 1.82) is 0 Å². The molecule has 26 heavy (non-hydrogen) atoms. The molecule has 1 fully saturated rings. The van der Waals surface area contributed by atoms with E-state index in [1.54, 1.807) is 0 Å². The molecule has 6 heteroatoms. The van der Waals surface area contributed by atoms with Crippen molar-refractivity contribution in [3.63, 3.8) is 0 Å². The van der Waals surface area contributed by atoms with Crippen LogP contribution >= 0.6 is 0 Å². The number of hydrogen-bond acceptors (Lipinski definition) is 6. The lowest BCUT2D eigenvalue weighted by atomic mass is 10.2. The Morgan fingerprint density at radius 1 is 0.962 bits per heavy atom. The lowest BCUT2D eigenvalue weighted by Gasteiger charge is -2.19. The highest BCUT2D eigenvalue weighted by molar-refractivity contribution is 5.90. The molecule has 0 radical (unpaired) electrons. The molecule has 0 atom stereocenters. The molecule has 0 bridgehead atoms. The molecule has 0 spiro atoms. The third-order valence-electron chi connectivity index (χ3n) is 4.88. The van der Waals surface area contributed by atoms with Crippen molar-refractivity contribution in [2.75, 3.05) is 30.1 Å². The highest BCUT2D eigenvalue weighted by atomic mass is 16.7. The zero-order chi connectivity index (χ0) is 17.3.